The summed E-state index contributed by atoms with van der Waals surface area (Å²) in [5, 5.41) is 1.69. The van der Waals surface area contributed by atoms with Crippen LogP contribution in [-0.2, 0) is 13.2 Å². The fraction of sp³-hybridized carbons (Fsp3) is 0.125. The second-order valence-electron chi connectivity index (χ2n) is 4.57. The average molecular weight is 367 g/mol. The number of hydrogen-bond donors (Lipinski definition) is 1. The molecule has 3 rings (SSSR count). The van der Waals surface area contributed by atoms with E-state index in [4.69, 9.17) is 26.5 Å². The highest BCUT2D eigenvalue weighted by atomic mass is 79.9. The maximum Gasteiger partial charge on any atom is 0.134 e. The van der Waals surface area contributed by atoms with Crippen molar-refractivity contribution >= 4 is 38.5 Å². The fourth-order valence-corrected chi connectivity index (χ4v) is 3.01. The van der Waals surface area contributed by atoms with Crippen molar-refractivity contribution in [3.63, 3.8) is 0 Å². The van der Waals surface area contributed by atoms with Gasteiger partial charge in [0.25, 0.3) is 0 Å². The third-order valence-corrected chi connectivity index (χ3v) is 4.09. The topological polar surface area (TPSA) is 48.4 Å². The minimum absolute atomic E-state index is 0.342. The third-order valence-electron chi connectivity index (χ3n) is 3.23. The van der Waals surface area contributed by atoms with E-state index in [0.29, 0.717) is 18.2 Å². The van der Waals surface area contributed by atoms with Crippen LogP contribution in [-0.4, -0.2) is 0 Å². The van der Waals surface area contributed by atoms with Crippen molar-refractivity contribution in [3.8, 4) is 5.75 Å². The maximum absolute atomic E-state index is 5.93. The molecule has 21 heavy (non-hydrogen) atoms. The Morgan fingerprint density at radius 1 is 1.19 bits per heavy atom. The molecule has 0 bridgehead atoms. The van der Waals surface area contributed by atoms with Gasteiger partial charge in [0.2, 0.25) is 0 Å². The van der Waals surface area contributed by atoms with Crippen LogP contribution in [0.5, 0.6) is 5.75 Å². The molecule has 0 aliphatic heterocycles. The molecule has 108 valence electrons. The lowest BCUT2D eigenvalue weighted by molar-refractivity contribution is 0.301. The van der Waals surface area contributed by atoms with Crippen molar-refractivity contribution in [1.29, 1.82) is 0 Å². The summed E-state index contributed by atoms with van der Waals surface area (Å²) in [4.78, 5) is 0. The third kappa shape index (κ3) is 2.93. The first kappa shape index (κ1) is 14.4. The molecular weight excluding hydrogens is 354 g/mol. The van der Waals surface area contributed by atoms with E-state index in [1.54, 1.807) is 12.1 Å². The Labute approximate surface area is 135 Å². The number of ether oxygens (including phenoxy) is 1. The molecule has 0 aliphatic rings. The van der Waals surface area contributed by atoms with E-state index in [-0.39, 0.29) is 0 Å². The van der Waals surface area contributed by atoms with E-state index in [9.17, 15) is 0 Å². The van der Waals surface area contributed by atoms with Crippen molar-refractivity contribution < 1.29 is 9.15 Å². The molecule has 0 atom stereocenters. The van der Waals surface area contributed by atoms with Gasteiger partial charge in [-0.3, -0.25) is 0 Å². The van der Waals surface area contributed by atoms with E-state index in [1.807, 2.05) is 30.3 Å². The molecule has 0 saturated carbocycles. The zero-order valence-electron chi connectivity index (χ0n) is 11.1. The van der Waals surface area contributed by atoms with Gasteiger partial charge in [-0.25, -0.2) is 0 Å². The summed E-state index contributed by atoms with van der Waals surface area (Å²) in [6.07, 6.45) is 0. The monoisotopic (exact) mass is 365 g/mol. The number of para-hydroxylation sites is 1. The number of nitrogens with two attached hydrogens (primary N) is 1. The predicted octanol–water partition coefficient (Wildman–Crippen LogP) is 4.89. The summed E-state index contributed by atoms with van der Waals surface area (Å²) < 4.78 is 12.4. The molecule has 0 radical (unpaired) electrons. The standard InChI is InChI=1S/C16H13BrClNO2/c17-13-7-10(18)5-6-15(13)20-9-12-11-3-1-2-4-14(11)21-16(12)8-19/h1-7H,8-9,19H2. The van der Waals surface area contributed by atoms with Gasteiger partial charge in [-0.15, -0.1) is 0 Å². The Bertz CT molecular complexity index is 785. The van der Waals surface area contributed by atoms with Gasteiger partial charge in [0, 0.05) is 16.0 Å². The predicted molar refractivity (Wildman–Crippen MR) is 87.6 cm³/mol. The fourth-order valence-electron chi connectivity index (χ4n) is 2.21. The number of fused-ring (bicyclic) bond motifs is 1. The number of hydrogen-bond acceptors (Lipinski definition) is 3. The zero-order valence-corrected chi connectivity index (χ0v) is 13.4. The maximum atomic E-state index is 5.93. The van der Waals surface area contributed by atoms with Crippen LogP contribution >= 0.6 is 27.5 Å². The van der Waals surface area contributed by atoms with Crippen molar-refractivity contribution in [3.05, 3.63) is 63.3 Å². The van der Waals surface area contributed by atoms with Crippen molar-refractivity contribution in [2.24, 2.45) is 5.73 Å². The number of benzene rings is 2. The molecule has 3 nitrogen and oxygen atoms in total. The number of rotatable bonds is 4. The molecule has 2 N–H and O–H groups in total. The number of furan rings is 1. The van der Waals surface area contributed by atoms with Crippen LogP contribution in [0.3, 0.4) is 0 Å². The van der Waals surface area contributed by atoms with Gasteiger partial charge < -0.3 is 14.9 Å². The highest BCUT2D eigenvalue weighted by molar-refractivity contribution is 9.10. The van der Waals surface area contributed by atoms with E-state index >= 15 is 0 Å². The summed E-state index contributed by atoms with van der Waals surface area (Å²) in [5.74, 6) is 1.48. The minimum Gasteiger partial charge on any atom is -0.488 e. The van der Waals surface area contributed by atoms with Gasteiger partial charge in [-0.2, -0.15) is 0 Å². The molecule has 5 heteroatoms. The van der Waals surface area contributed by atoms with Gasteiger partial charge in [-0.05, 0) is 40.2 Å². The summed E-state index contributed by atoms with van der Waals surface area (Å²) >= 11 is 9.36. The Hall–Kier alpha value is -1.49. The first-order valence-corrected chi connectivity index (χ1v) is 7.63. The lowest BCUT2D eigenvalue weighted by Crippen LogP contribution is -2.02. The van der Waals surface area contributed by atoms with Crippen LogP contribution in [0.25, 0.3) is 11.0 Å². The summed E-state index contributed by atoms with van der Waals surface area (Å²) in [6.45, 7) is 0.735. The highest BCUT2D eigenvalue weighted by Gasteiger charge is 2.13. The van der Waals surface area contributed by atoms with E-state index in [0.717, 1.165) is 32.5 Å². The summed E-state index contributed by atoms with van der Waals surface area (Å²) in [7, 11) is 0. The van der Waals surface area contributed by atoms with E-state index in [2.05, 4.69) is 15.9 Å². The van der Waals surface area contributed by atoms with Crippen LogP contribution in [0, 0.1) is 0 Å². The largest absolute Gasteiger partial charge is 0.488 e. The second-order valence-corrected chi connectivity index (χ2v) is 5.86. The minimum atomic E-state index is 0.342. The molecule has 1 aromatic heterocycles. The molecule has 0 unspecified atom stereocenters. The normalized spacial score (nSPS) is 11.0. The molecule has 0 saturated heterocycles. The molecular formula is C16H13BrClNO2. The average Bonchev–Trinajstić information content (AvgIpc) is 2.84. The van der Waals surface area contributed by atoms with Crippen LogP contribution in [0.2, 0.25) is 5.02 Å². The van der Waals surface area contributed by atoms with Crippen LogP contribution in [0.1, 0.15) is 11.3 Å². The van der Waals surface area contributed by atoms with Gasteiger partial charge in [0.15, 0.2) is 0 Å². The second kappa shape index (κ2) is 6.10. The van der Waals surface area contributed by atoms with E-state index in [1.165, 1.54) is 0 Å². The van der Waals surface area contributed by atoms with Crippen molar-refractivity contribution in [1.82, 2.24) is 0 Å². The van der Waals surface area contributed by atoms with Crippen LogP contribution < -0.4 is 10.5 Å². The first-order valence-electron chi connectivity index (χ1n) is 6.46. The molecule has 0 amide bonds. The quantitative estimate of drug-likeness (QED) is 0.715. The van der Waals surface area contributed by atoms with Crippen LogP contribution in [0.4, 0.5) is 0 Å². The molecule has 0 spiro atoms. The Kier molecular flexibility index (Phi) is 4.19. The SMILES string of the molecule is NCc1oc2ccccc2c1COc1ccc(Cl)cc1Br. The molecule has 3 aromatic rings. The van der Waals surface area contributed by atoms with Gasteiger partial charge in [0.05, 0.1) is 11.0 Å². The van der Waals surface area contributed by atoms with Gasteiger partial charge >= 0.3 is 0 Å². The molecule has 0 fully saturated rings. The van der Waals surface area contributed by atoms with Gasteiger partial charge in [0.1, 0.15) is 23.7 Å². The molecule has 0 aliphatic carbocycles. The highest BCUT2D eigenvalue weighted by Crippen LogP contribution is 2.31. The van der Waals surface area contributed by atoms with E-state index < -0.39 is 0 Å². The van der Waals surface area contributed by atoms with Gasteiger partial charge in [-0.1, -0.05) is 29.8 Å². The lowest BCUT2D eigenvalue weighted by Gasteiger charge is -2.08. The lowest BCUT2D eigenvalue weighted by atomic mass is 10.1. The zero-order chi connectivity index (χ0) is 14.8. The Morgan fingerprint density at radius 2 is 2.00 bits per heavy atom. The molecule has 1 heterocycles. The van der Waals surface area contributed by atoms with Crippen molar-refractivity contribution in [2.45, 2.75) is 13.2 Å². The molecule has 2 aromatic carbocycles. The smallest absolute Gasteiger partial charge is 0.134 e. The Morgan fingerprint density at radius 3 is 2.76 bits per heavy atom. The van der Waals surface area contributed by atoms with Crippen LogP contribution in [0.15, 0.2) is 51.4 Å². The first-order chi connectivity index (χ1) is 10.2. The van der Waals surface area contributed by atoms with Crippen molar-refractivity contribution in [2.75, 3.05) is 0 Å². The Balaban J connectivity index is 1.91. The number of halogens is 2. The summed E-state index contributed by atoms with van der Waals surface area (Å²) in [5.41, 5.74) is 7.56. The summed E-state index contributed by atoms with van der Waals surface area (Å²) in [6, 6.07) is 13.3.